The molecule has 0 fully saturated rings. The Labute approximate surface area is 192 Å². The predicted octanol–water partition coefficient (Wildman–Crippen LogP) is 7.23. The normalized spacial score (nSPS) is 11.4. The van der Waals surface area contributed by atoms with Crippen LogP contribution in [0.2, 0.25) is 0 Å². The van der Waals surface area contributed by atoms with E-state index in [1.54, 1.807) is 43.5 Å². The van der Waals surface area contributed by atoms with Gasteiger partial charge in [-0.3, -0.25) is 4.90 Å². The molecule has 0 atom stereocenters. The first kappa shape index (κ1) is 23.4. The van der Waals surface area contributed by atoms with E-state index in [1.165, 1.54) is 17.0 Å². The Morgan fingerprint density at radius 1 is 1.03 bits per heavy atom. The molecule has 0 aromatic heterocycles. The van der Waals surface area contributed by atoms with Gasteiger partial charge in [0.25, 0.3) is 0 Å². The number of benzene rings is 3. The minimum atomic E-state index is -4.45. The van der Waals surface area contributed by atoms with E-state index in [2.05, 4.69) is 21.2 Å². The first-order valence-corrected chi connectivity index (χ1v) is 10.4. The Morgan fingerprint density at radius 2 is 1.69 bits per heavy atom. The third kappa shape index (κ3) is 6.13. The fraction of sp³-hybridized carbons (Fsp3) is 0.125. The number of amides is 2. The third-order valence-electron chi connectivity index (χ3n) is 4.57. The van der Waals surface area contributed by atoms with Crippen LogP contribution in [0.25, 0.3) is 6.08 Å². The molecule has 0 aliphatic heterocycles. The van der Waals surface area contributed by atoms with Crippen molar-refractivity contribution in [2.75, 3.05) is 23.9 Å². The molecular formula is C24H20BrF3N2O2. The number of halogens is 4. The van der Waals surface area contributed by atoms with E-state index in [4.69, 9.17) is 4.74 Å². The van der Waals surface area contributed by atoms with Gasteiger partial charge in [-0.15, -0.1) is 0 Å². The van der Waals surface area contributed by atoms with Crippen LogP contribution in [0.4, 0.5) is 29.3 Å². The van der Waals surface area contributed by atoms with Crippen molar-refractivity contribution in [3.8, 4) is 5.75 Å². The summed E-state index contributed by atoms with van der Waals surface area (Å²) in [7, 11) is 1.56. The number of alkyl halides is 3. The largest absolute Gasteiger partial charge is 0.496 e. The van der Waals surface area contributed by atoms with E-state index in [9.17, 15) is 18.0 Å². The van der Waals surface area contributed by atoms with Crippen LogP contribution in [0.5, 0.6) is 5.75 Å². The average molecular weight is 505 g/mol. The Balaban J connectivity index is 1.85. The number of carbonyl (C=O) groups is 1. The second kappa shape index (κ2) is 10.4. The summed E-state index contributed by atoms with van der Waals surface area (Å²) in [4.78, 5) is 14.3. The first-order chi connectivity index (χ1) is 15.3. The molecule has 0 aliphatic carbocycles. The van der Waals surface area contributed by atoms with Crippen molar-refractivity contribution < 1.29 is 22.7 Å². The molecule has 0 radical (unpaired) electrons. The van der Waals surface area contributed by atoms with Gasteiger partial charge in [0, 0.05) is 28.0 Å². The lowest BCUT2D eigenvalue weighted by Crippen LogP contribution is -2.35. The van der Waals surface area contributed by atoms with E-state index in [0.717, 1.165) is 22.2 Å². The maximum Gasteiger partial charge on any atom is 0.416 e. The lowest BCUT2D eigenvalue weighted by molar-refractivity contribution is -0.137. The number of urea groups is 1. The van der Waals surface area contributed by atoms with E-state index in [-0.39, 0.29) is 6.54 Å². The number of hydrogen-bond acceptors (Lipinski definition) is 2. The highest BCUT2D eigenvalue weighted by Gasteiger charge is 2.30. The summed E-state index contributed by atoms with van der Waals surface area (Å²) >= 11 is 3.33. The van der Waals surface area contributed by atoms with Crippen molar-refractivity contribution in [1.29, 1.82) is 0 Å². The van der Waals surface area contributed by atoms with Crippen molar-refractivity contribution in [2.45, 2.75) is 6.18 Å². The van der Waals surface area contributed by atoms with Gasteiger partial charge in [-0.25, -0.2) is 4.79 Å². The van der Waals surface area contributed by atoms with Crippen molar-refractivity contribution in [1.82, 2.24) is 0 Å². The summed E-state index contributed by atoms with van der Waals surface area (Å²) in [6, 6.07) is 18.4. The highest BCUT2D eigenvalue weighted by atomic mass is 79.9. The molecular weight excluding hydrogens is 485 g/mol. The van der Waals surface area contributed by atoms with Crippen LogP contribution in [0.15, 0.2) is 83.3 Å². The monoisotopic (exact) mass is 504 g/mol. The fourth-order valence-corrected chi connectivity index (χ4v) is 3.21. The standard InChI is InChI=1S/C24H20BrF3N2O2/c1-32-22-7-3-2-5-17(22)6-4-16-30(21-14-8-18(9-15-21)24(26,27)28)23(31)29-20-12-10-19(25)11-13-20/h2-15H,16H2,1H3,(H,29,31)/b6-4+. The summed E-state index contributed by atoms with van der Waals surface area (Å²) in [6.07, 6.45) is -0.910. The Morgan fingerprint density at radius 3 is 2.31 bits per heavy atom. The van der Waals surface area contributed by atoms with Gasteiger partial charge in [0.1, 0.15) is 5.75 Å². The lowest BCUT2D eigenvalue weighted by Gasteiger charge is -2.22. The predicted molar refractivity (Wildman–Crippen MR) is 124 cm³/mol. The molecule has 166 valence electrons. The minimum absolute atomic E-state index is 0.131. The van der Waals surface area contributed by atoms with Crippen LogP contribution < -0.4 is 15.0 Å². The number of ether oxygens (including phenoxy) is 1. The first-order valence-electron chi connectivity index (χ1n) is 9.59. The molecule has 32 heavy (non-hydrogen) atoms. The SMILES string of the molecule is COc1ccccc1/C=C/CN(C(=O)Nc1ccc(Br)cc1)c1ccc(C(F)(F)F)cc1. The number of nitrogens with zero attached hydrogens (tertiary/aromatic N) is 1. The van der Waals surface area contributed by atoms with Gasteiger partial charge in [0.15, 0.2) is 0 Å². The Hall–Kier alpha value is -3.26. The number of para-hydroxylation sites is 1. The molecule has 0 aliphatic rings. The van der Waals surface area contributed by atoms with Crippen LogP contribution in [0, 0.1) is 0 Å². The maximum atomic E-state index is 13.0. The maximum absolute atomic E-state index is 13.0. The van der Waals surface area contributed by atoms with Gasteiger partial charge in [-0.2, -0.15) is 13.2 Å². The average Bonchev–Trinajstić information content (AvgIpc) is 2.78. The molecule has 0 unspecified atom stereocenters. The van der Waals surface area contributed by atoms with Crippen LogP contribution in [-0.4, -0.2) is 19.7 Å². The van der Waals surface area contributed by atoms with Crippen LogP contribution in [0.1, 0.15) is 11.1 Å². The molecule has 4 nitrogen and oxygen atoms in total. The molecule has 3 aromatic rings. The third-order valence-corrected chi connectivity index (χ3v) is 5.10. The number of rotatable bonds is 6. The number of hydrogen-bond donors (Lipinski definition) is 1. The van der Waals surface area contributed by atoms with Crippen molar-refractivity contribution in [2.24, 2.45) is 0 Å². The number of methoxy groups -OCH3 is 1. The summed E-state index contributed by atoms with van der Waals surface area (Å²) < 4.78 is 45.0. The molecule has 3 rings (SSSR count). The molecule has 0 bridgehead atoms. The van der Waals surface area contributed by atoms with Crippen molar-refractivity contribution >= 4 is 39.4 Å². The summed E-state index contributed by atoms with van der Waals surface area (Å²) in [5, 5.41) is 2.77. The van der Waals surface area contributed by atoms with Gasteiger partial charge in [0.05, 0.1) is 12.7 Å². The highest BCUT2D eigenvalue weighted by molar-refractivity contribution is 9.10. The molecule has 0 spiro atoms. The smallest absolute Gasteiger partial charge is 0.416 e. The van der Waals surface area contributed by atoms with Crippen molar-refractivity contribution in [3.63, 3.8) is 0 Å². The molecule has 0 heterocycles. The summed E-state index contributed by atoms with van der Waals surface area (Å²) in [5.74, 6) is 0.671. The van der Waals surface area contributed by atoms with Gasteiger partial charge < -0.3 is 10.1 Å². The lowest BCUT2D eigenvalue weighted by atomic mass is 10.1. The number of carbonyl (C=O) groups excluding carboxylic acids is 1. The van der Waals surface area contributed by atoms with E-state index in [1.807, 2.05) is 24.3 Å². The van der Waals surface area contributed by atoms with E-state index < -0.39 is 17.8 Å². The van der Waals surface area contributed by atoms with Gasteiger partial charge in [-0.1, -0.05) is 46.3 Å². The summed E-state index contributed by atoms with van der Waals surface area (Å²) in [5.41, 5.74) is 0.927. The highest BCUT2D eigenvalue weighted by Crippen LogP contribution is 2.31. The van der Waals surface area contributed by atoms with Gasteiger partial charge >= 0.3 is 12.2 Å². The Kier molecular flexibility index (Phi) is 7.58. The van der Waals surface area contributed by atoms with Gasteiger partial charge in [-0.05, 0) is 54.6 Å². The number of anilines is 2. The number of nitrogens with one attached hydrogen (secondary N) is 1. The zero-order chi connectivity index (χ0) is 23.1. The molecule has 0 saturated heterocycles. The minimum Gasteiger partial charge on any atom is -0.496 e. The zero-order valence-corrected chi connectivity index (χ0v) is 18.7. The topological polar surface area (TPSA) is 41.6 Å². The van der Waals surface area contributed by atoms with Gasteiger partial charge in [0.2, 0.25) is 0 Å². The van der Waals surface area contributed by atoms with E-state index >= 15 is 0 Å². The summed E-state index contributed by atoms with van der Waals surface area (Å²) in [6.45, 7) is 0.131. The quantitative estimate of drug-likeness (QED) is 0.384. The molecule has 1 N–H and O–H groups in total. The molecule has 3 aromatic carbocycles. The van der Waals surface area contributed by atoms with Crippen LogP contribution in [-0.2, 0) is 6.18 Å². The fourth-order valence-electron chi connectivity index (χ4n) is 2.95. The molecule has 8 heteroatoms. The Bertz CT molecular complexity index is 1080. The second-order valence-corrected chi connectivity index (χ2v) is 7.65. The second-order valence-electron chi connectivity index (χ2n) is 6.74. The van der Waals surface area contributed by atoms with Crippen LogP contribution >= 0.6 is 15.9 Å². The van der Waals surface area contributed by atoms with Crippen molar-refractivity contribution in [3.05, 3.63) is 94.5 Å². The zero-order valence-electron chi connectivity index (χ0n) is 17.1. The van der Waals surface area contributed by atoms with Crippen LogP contribution in [0.3, 0.4) is 0 Å². The van der Waals surface area contributed by atoms with E-state index in [0.29, 0.717) is 17.1 Å². The molecule has 2 amide bonds. The molecule has 0 saturated carbocycles.